The second-order valence-corrected chi connectivity index (χ2v) is 10.3. The summed E-state index contributed by atoms with van der Waals surface area (Å²) < 4.78 is 3.16. The van der Waals surface area contributed by atoms with E-state index in [2.05, 4.69) is 30.5 Å². The molecule has 4 aromatic rings. The minimum atomic E-state index is -0.730. The Hall–Kier alpha value is -4.17. The predicted molar refractivity (Wildman–Crippen MR) is 144 cm³/mol. The summed E-state index contributed by atoms with van der Waals surface area (Å²) in [5.74, 6) is 0.485. The number of nitrogens with zero attached hydrogens (tertiary/aromatic N) is 3. The lowest BCUT2D eigenvalue weighted by atomic mass is 9.70. The first-order chi connectivity index (χ1) is 17.7. The van der Waals surface area contributed by atoms with Gasteiger partial charge in [0.05, 0.1) is 23.5 Å². The molecular weight excluding hydrogens is 466 g/mol. The first kappa shape index (κ1) is 24.5. The van der Waals surface area contributed by atoms with Crippen molar-refractivity contribution in [1.29, 1.82) is 0 Å². The molecule has 8 nitrogen and oxygen atoms in total. The first-order valence-corrected chi connectivity index (χ1v) is 12.3. The average Bonchev–Trinajstić information content (AvgIpc) is 3.19. The standard InChI is InChI=1S/C29H31N5O3/c1-18-25(19-14-15-33(4)24(36)16-19)32-34(20-10-6-5-7-11-20)27(18)31-28(37)30-26-21-12-8-9-13-22(21)29(2,3)17-23(26)35/h5-16,23,26,35H,17H2,1-4H3,(H2,30,31,37)/t23-,26-/m1/s1. The van der Waals surface area contributed by atoms with Crippen molar-refractivity contribution in [3.8, 4) is 16.9 Å². The number of carbonyl (C=O) groups is 1. The van der Waals surface area contributed by atoms with Crippen molar-refractivity contribution in [2.45, 2.75) is 44.8 Å². The molecule has 0 aliphatic heterocycles. The topological polar surface area (TPSA) is 101 Å². The number of carbonyl (C=O) groups excluding carboxylic acids is 1. The third-order valence-electron chi connectivity index (χ3n) is 7.15. The Morgan fingerprint density at radius 3 is 2.51 bits per heavy atom. The van der Waals surface area contributed by atoms with E-state index < -0.39 is 18.2 Å². The molecule has 2 atom stereocenters. The number of nitrogens with one attached hydrogen (secondary N) is 2. The van der Waals surface area contributed by atoms with Crippen molar-refractivity contribution < 1.29 is 9.90 Å². The zero-order valence-electron chi connectivity index (χ0n) is 21.4. The van der Waals surface area contributed by atoms with Crippen LogP contribution < -0.4 is 16.2 Å². The molecule has 0 saturated carbocycles. The molecular formula is C29H31N5O3. The zero-order valence-corrected chi connectivity index (χ0v) is 21.4. The number of aromatic nitrogens is 3. The van der Waals surface area contributed by atoms with Gasteiger partial charge in [-0.3, -0.25) is 10.1 Å². The number of aliphatic hydroxyl groups excluding tert-OH is 1. The van der Waals surface area contributed by atoms with E-state index in [1.54, 1.807) is 17.9 Å². The molecule has 0 saturated heterocycles. The normalized spacial score (nSPS) is 18.2. The molecule has 2 aromatic carbocycles. The van der Waals surface area contributed by atoms with Crippen LogP contribution in [0.2, 0.25) is 0 Å². The largest absolute Gasteiger partial charge is 0.391 e. The number of amides is 2. The fraction of sp³-hybridized carbons (Fsp3) is 0.276. The van der Waals surface area contributed by atoms with Crippen molar-refractivity contribution in [2.24, 2.45) is 7.05 Å². The highest BCUT2D eigenvalue weighted by molar-refractivity contribution is 5.91. The number of fused-ring (bicyclic) bond motifs is 1. The van der Waals surface area contributed by atoms with Gasteiger partial charge in [-0.25, -0.2) is 9.48 Å². The number of pyridine rings is 1. The Morgan fingerprint density at radius 2 is 1.78 bits per heavy atom. The summed E-state index contributed by atoms with van der Waals surface area (Å²) in [6, 6.07) is 19.8. The van der Waals surface area contributed by atoms with Gasteiger partial charge in [0.2, 0.25) is 0 Å². The summed E-state index contributed by atoms with van der Waals surface area (Å²) in [5, 5.41) is 21.7. The van der Waals surface area contributed by atoms with E-state index in [1.165, 1.54) is 10.6 Å². The van der Waals surface area contributed by atoms with Crippen LogP contribution in [0.1, 0.15) is 43.0 Å². The van der Waals surface area contributed by atoms with Gasteiger partial charge in [0.25, 0.3) is 5.56 Å². The molecule has 5 rings (SSSR count). The lowest BCUT2D eigenvalue weighted by Crippen LogP contribution is -2.45. The van der Waals surface area contributed by atoms with Gasteiger partial charge in [0.15, 0.2) is 0 Å². The number of benzene rings is 2. The highest BCUT2D eigenvalue weighted by Gasteiger charge is 2.39. The number of hydrogen-bond donors (Lipinski definition) is 3. The summed E-state index contributed by atoms with van der Waals surface area (Å²) in [6.07, 6.45) is 1.50. The minimum Gasteiger partial charge on any atom is -0.391 e. The maximum atomic E-state index is 13.3. The highest BCUT2D eigenvalue weighted by Crippen LogP contribution is 2.41. The summed E-state index contributed by atoms with van der Waals surface area (Å²) >= 11 is 0. The molecule has 37 heavy (non-hydrogen) atoms. The SMILES string of the molecule is Cc1c(-c2ccn(C)c(=O)c2)nn(-c2ccccc2)c1NC(=O)N[C@@H]1c2ccccc2C(C)(C)C[C@H]1O. The van der Waals surface area contributed by atoms with Gasteiger partial charge in [0, 0.05) is 30.4 Å². The first-order valence-electron chi connectivity index (χ1n) is 12.3. The Labute approximate surface area is 215 Å². The monoisotopic (exact) mass is 497 g/mol. The van der Waals surface area contributed by atoms with Crippen LogP contribution in [0, 0.1) is 6.92 Å². The van der Waals surface area contributed by atoms with Crippen LogP contribution in [0.3, 0.4) is 0 Å². The second kappa shape index (κ2) is 9.37. The van der Waals surface area contributed by atoms with E-state index in [0.717, 1.165) is 22.4 Å². The van der Waals surface area contributed by atoms with Gasteiger partial charge in [-0.1, -0.05) is 56.3 Å². The fourth-order valence-electron chi connectivity index (χ4n) is 5.17. The van der Waals surface area contributed by atoms with Crippen LogP contribution in [0.15, 0.2) is 77.7 Å². The molecule has 3 N–H and O–H groups in total. The van der Waals surface area contributed by atoms with Crippen molar-refractivity contribution in [1.82, 2.24) is 19.7 Å². The molecule has 0 spiro atoms. The molecule has 0 bridgehead atoms. The van der Waals surface area contributed by atoms with Gasteiger partial charge < -0.3 is 15.0 Å². The van der Waals surface area contributed by atoms with E-state index in [1.807, 2.05) is 61.5 Å². The molecule has 8 heteroatoms. The Bertz CT molecular complexity index is 1520. The number of hydrogen-bond acceptors (Lipinski definition) is 4. The van der Waals surface area contributed by atoms with E-state index in [-0.39, 0.29) is 11.0 Å². The minimum absolute atomic E-state index is 0.147. The lowest BCUT2D eigenvalue weighted by Gasteiger charge is -2.40. The number of urea groups is 1. The third kappa shape index (κ3) is 4.56. The molecule has 2 amide bonds. The van der Waals surface area contributed by atoms with Gasteiger partial charge in [-0.2, -0.15) is 5.10 Å². The Kier molecular flexibility index (Phi) is 6.21. The molecule has 190 valence electrons. The van der Waals surface area contributed by atoms with Crippen molar-refractivity contribution >= 4 is 11.8 Å². The predicted octanol–water partition coefficient (Wildman–Crippen LogP) is 4.45. The number of rotatable bonds is 4. The van der Waals surface area contributed by atoms with Crippen LogP contribution in [0.25, 0.3) is 16.9 Å². The van der Waals surface area contributed by atoms with Crippen LogP contribution in [0.5, 0.6) is 0 Å². The quantitative estimate of drug-likeness (QED) is 0.388. The van der Waals surface area contributed by atoms with Crippen LogP contribution in [0.4, 0.5) is 10.6 Å². The average molecular weight is 498 g/mol. The summed E-state index contributed by atoms with van der Waals surface area (Å²) in [4.78, 5) is 25.6. The van der Waals surface area contributed by atoms with Crippen LogP contribution in [-0.2, 0) is 12.5 Å². The smallest absolute Gasteiger partial charge is 0.320 e. The van der Waals surface area contributed by atoms with Crippen molar-refractivity contribution in [3.63, 3.8) is 0 Å². The number of aliphatic hydroxyl groups is 1. The molecule has 0 radical (unpaired) electrons. The van der Waals surface area contributed by atoms with Gasteiger partial charge in [-0.05, 0) is 48.1 Å². The number of aryl methyl sites for hydroxylation is 1. The maximum absolute atomic E-state index is 13.3. The molecule has 2 aromatic heterocycles. The van der Waals surface area contributed by atoms with Gasteiger partial charge >= 0.3 is 6.03 Å². The van der Waals surface area contributed by atoms with Gasteiger partial charge in [-0.15, -0.1) is 0 Å². The Morgan fingerprint density at radius 1 is 1.08 bits per heavy atom. The van der Waals surface area contributed by atoms with Gasteiger partial charge in [0.1, 0.15) is 5.82 Å². The van der Waals surface area contributed by atoms with E-state index in [0.29, 0.717) is 23.5 Å². The van der Waals surface area contributed by atoms with E-state index in [4.69, 9.17) is 5.10 Å². The highest BCUT2D eigenvalue weighted by atomic mass is 16.3. The van der Waals surface area contributed by atoms with Crippen molar-refractivity contribution in [2.75, 3.05) is 5.32 Å². The zero-order chi connectivity index (χ0) is 26.3. The fourth-order valence-corrected chi connectivity index (χ4v) is 5.17. The molecule has 0 unspecified atom stereocenters. The lowest BCUT2D eigenvalue weighted by molar-refractivity contribution is 0.0883. The number of para-hydroxylation sites is 1. The number of anilines is 1. The summed E-state index contributed by atoms with van der Waals surface area (Å²) in [5.41, 5.74) is 4.43. The molecule has 2 heterocycles. The van der Waals surface area contributed by atoms with Crippen LogP contribution >= 0.6 is 0 Å². The second-order valence-electron chi connectivity index (χ2n) is 10.3. The molecule has 0 fully saturated rings. The van der Waals surface area contributed by atoms with E-state index >= 15 is 0 Å². The summed E-state index contributed by atoms with van der Waals surface area (Å²) in [6.45, 7) is 6.07. The van der Waals surface area contributed by atoms with Crippen LogP contribution in [-0.4, -0.2) is 31.6 Å². The third-order valence-corrected chi connectivity index (χ3v) is 7.15. The summed E-state index contributed by atoms with van der Waals surface area (Å²) in [7, 11) is 1.69. The maximum Gasteiger partial charge on any atom is 0.320 e. The molecule has 1 aliphatic carbocycles. The van der Waals surface area contributed by atoms with E-state index in [9.17, 15) is 14.7 Å². The Balaban J connectivity index is 1.50. The van der Waals surface area contributed by atoms with Crippen molar-refractivity contribution in [3.05, 3.63) is 100.0 Å². The molecule has 1 aliphatic rings.